The van der Waals surface area contributed by atoms with Crippen molar-refractivity contribution in [3.63, 3.8) is 0 Å². The van der Waals surface area contributed by atoms with Crippen LogP contribution in [0.4, 0.5) is 5.82 Å². The number of carbonyl (C=O) groups is 1. The number of nitrogens with zero attached hydrogens (tertiary/aromatic N) is 4. The minimum atomic E-state index is -0.182. The molecule has 0 unspecified atom stereocenters. The lowest BCUT2D eigenvalue weighted by molar-refractivity contribution is -0.123. The summed E-state index contributed by atoms with van der Waals surface area (Å²) in [5.74, 6) is 1.24. The first-order valence-corrected chi connectivity index (χ1v) is 10.2. The number of fused-ring (bicyclic) bond motifs is 1. The Labute approximate surface area is 180 Å². The SMILES string of the molecule is O=C(COc1ccccc1)NCCn1ncc2c(NCCc3ccccc3)ncnc21. The highest BCUT2D eigenvalue weighted by molar-refractivity contribution is 5.86. The normalized spacial score (nSPS) is 10.7. The van der Waals surface area contributed by atoms with Crippen LogP contribution in [-0.2, 0) is 17.8 Å². The Morgan fingerprint density at radius 2 is 1.74 bits per heavy atom. The van der Waals surface area contributed by atoms with Gasteiger partial charge >= 0.3 is 0 Å². The molecule has 0 saturated carbocycles. The van der Waals surface area contributed by atoms with E-state index < -0.39 is 0 Å². The first-order chi connectivity index (χ1) is 15.3. The third-order valence-corrected chi connectivity index (χ3v) is 4.74. The van der Waals surface area contributed by atoms with Crippen LogP contribution >= 0.6 is 0 Å². The Hall–Kier alpha value is -3.94. The number of ether oxygens (including phenoxy) is 1. The van der Waals surface area contributed by atoms with Crippen LogP contribution in [0.3, 0.4) is 0 Å². The van der Waals surface area contributed by atoms with Gasteiger partial charge in [0, 0.05) is 13.1 Å². The zero-order valence-electron chi connectivity index (χ0n) is 17.1. The van der Waals surface area contributed by atoms with Gasteiger partial charge in [-0.25, -0.2) is 14.6 Å². The fourth-order valence-corrected chi connectivity index (χ4v) is 3.19. The van der Waals surface area contributed by atoms with Crippen molar-refractivity contribution in [1.82, 2.24) is 25.1 Å². The van der Waals surface area contributed by atoms with Crippen LogP contribution in [0, 0.1) is 0 Å². The van der Waals surface area contributed by atoms with E-state index in [0.717, 1.165) is 29.8 Å². The molecule has 31 heavy (non-hydrogen) atoms. The lowest BCUT2D eigenvalue weighted by atomic mass is 10.1. The van der Waals surface area contributed by atoms with Crippen LogP contribution in [0.25, 0.3) is 11.0 Å². The molecule has 8 nitrogen and oxygen atoms in total. The highest BCUT2D eigenvalue weighted by Gasteiger charge is 2.10. The monoisotopic (exact) mass is 416 g/mol. The number of hydrogen-bond acceptors (Lipinski definition) is 6. The molecule has 2 aromatic heterocycles. The molecule has 2 aromatic carbocycles. The van der Waals surface area contributed by atoms with Gasteiger partial charge in [-0.15, -0.1) is 0 Å². The number of aromatic nitrogens is 4. The minimum absolute atomic E-state index is 0.0263. The highest BCUT2D eigenvalue weighted by atomic mass is 16.5. The van der Waals surface area contributed by atoms with E-state index in [0.29, 0.717) is 18.8 Å². The molecule has 0 aliphatic rings. The number of rotatable bonds is 10. The van der Waals surface area contributed by atoms with Gasteiger partial charge in [0.25, 0.3) is 5.91 Å². The summed E-state index contributed by atoms with van der Waals surface area (Å²) in [5.41, 5.74) is 2.00. The fraction of sp³-hybridized carbons (Fsp3) is 0.217. The van der Waals surface area contributed by atoms with Crippen molar-refractivity contribution in [3.05, 3.63) is 78.8 Å². The van der Waals surface area contributed by atoms with Crippen LogP contribution in [0.2, 0.25) is 0 Å². The number of benzene rings is 2. The third-order valence-electron chi connectivity index (χ3n) is 4.74. The quantitative estimate of drug-likeness (QED) is 0.413. The molecular weight excluding hydrogens is 392 g/mol. The van der Waals surface area contributed by atoms with Gasteiger partial charge in [0.2, 0.25) is 0 Å². The largest absolute Gasteiger partial charge is 0.484 e. The first kappa shape index (κ1) is 20.3. The molecule has 2 heterocycles. The molecule has 0 bridgehead atoms. The van der Waals surface area contributed by atoms with Crippen LogP contribution in [-0.4, -0.2) is 45.4 Å². The van der Waals surface area contributed by atoms with E-state index in [1.807, 2.05) is 48.5 Å². The van der Waals surface area contributed by atoms with E-state index in [2.05, 4.69) is 37.8 Å². The summed E-state index contributed by atoms with van der Waals surface area (Å²) in [6, 6.07) is 19.5. The molecule has 158 valence electrons. The maximum Gasteiger partial charge on any atom is 0.258 e. The van der Waals surface area contributed by atoms with Gasteiger partial charge in [-0.1, -0.05) is 48.5 Å². The number of anilines is 1. The van der Waals surface area contributed by atoms with Crippen molar-refractivity contribution in [2.75, 3.05) is 25.0 Å². The lowest BCUT2D eigenvalue weighted by Gasteiger charge is -2.08. The number of amides is 1. The maximum absolute atomic E-state index is 12.0. The molecule has 0 aliphatic heterocycles. The molecule has 0 spiro atoms. The van der Waals surface area contributed by atoms with Crippen molar-refractivity contribution in [1.29, 1.82) is 0 Å². The summed E-state index contributed by atoms with van der Waals surface area (Å²) in [5, 5.41) is 11.5. The van der Waals surface area contributed by atoms with E-state index in [-0.39, 0.29) is 12.5 Å². The second kappa shape index (κ2) is 10.2. The summed E-state index contributed by atoms with van der Waals surface area (Å²) in [4.78, 5) is 20.7. The first-order valence-electron chi connectivity index (χ1n) is 10.2. The van der Waals surface area contributed by atoms with Gasteiger partial charge in [0.1, 0.15) is 17.9 Å². The molecule has 0 atom stereocenters. The average molecular weight is 416 g/mol. The number of hydrogen-bond donors (Lipinski definition) is 2. The molecule has 0 saturated heterocycles. The van der Waals surface area contributed by atoms with Crippen molar-refractivity contribution in [2.24, 2.45) is 0 Å². The Balaban J connectivity index is 1.27. The smallest absolute Gasteiger partial charge is 0.258 e. The standard InChI is InChI=1S/C23H24N6O2/c30-21(16-31-19-9-5-2-6-10-19)24-13-14-29-23-20(15-28-29)22(26-17-27-23)25-12-11-18-7-3-1-4-8-18/h1-10,15,17H,11-14,16H2,(H,24,30)(H,25,26,27). The molecule has 0 radical (unpaired) electrons. The summed E-state index contributed by atoms with van der Waals surface area (Å²) in [6.07, 6.45) is 4.18. The number of para-hydroxylation sites is 1. The zero-order valence-corrected chi connectivity index (χ0v) is 17.1. The van der Waals surface area contributed by atoms with Crippen molar-refractivity contribution >= 4 is 22.8 Å². The summed E-state index contributed by atoms with van der Waals surface area (Å²) >= 11 is 0. The zero-order chi connectivity index (χ0) is 21.3. The Morgan fingerprint density at radius 3 is 2.55 bits per heavy atom. The molecule has 0 aliphatic carbocycles. The second-order valence-electron chi connectivity index (χ2n) is 6.94. The predicted molar refractivity (Wildman–Crippen MR) is 119 cm³/mol. The van der Waals surface area contributed by atoms with Crippen LogP contribution in [0.15, 0.2) is 73.2 Å². The third kappa shape index (κ3) is 5.57. The molecule has 1 amide bonds. The van der Waals surface area contributed by atoms with Gasteiger partial charge in [0.05, 0.1) is 18.1 Å². The van der Waals surface area contributed by atoms with Gasteiger partial charge in [0.15, 0.2) is 12.3 Å². The van der Waals surface area contributed by atoms with Crippen molar-refractivity contribution < 1.29 is 9.53 Å². The van der Waals surface area contributed by atoms with E-state index in [1.165, 1.54) is 11.9 Å². The summed E-state index contributed by atoms with van der Waals surface area (Å²) in [6.45, 7) is 1.66. The van der Waals surface area contributed by atoms with E-state index in [1.54, 1.807) is 10.9 Å². The predicted octanol–water partition coefficient (Wildman–Crippen LogP) is 2.68. The second-order valence-corrected chi connectivity index (χ2v) is 6.94. The highest BCUT2D eigenvalue weighted by Crippen LogP contribution is 2.18. The Kier molecular flexibility index (Phi) is 6.69. The van der Waals surface area contributed by atoms with Crippen molar-refractivity contribution in [3.8, 4) is 5.75 Å². The molecule has 8 heteroatoms. The van der Waals surface area contributed by atoms with E-state index in [4.69, 9.17) is 4.74 Å². The van der Waals surface area contributed by atoms with Gasteiger partial charge in [-0.05, 0) is 24.1 Å². The number of carbonyl (C=O) groups excluding carboxylic acids is 1. The topological polar surface area (TPSA) is 94.0 Å². The van der Waals surface area contributed by atoms with Gasteiger partial charge < -0.3 is 15.4 Å². The molecule has 0 fully saturated rings. The van der Waals surface area contributed by atoms with E-state index >= 15 is 0 Å². The maximum atomic E-state index is 12.0. The van der Waals surface area contributed by atoms with Crippen LogP contribution in [0.5, 0.6) is 5.75 Å². The lowest BCUT2D eigenvalue weighted by Crippen LogP contribution is -2.31. The Morgan fingerprint density at radius 1 is 0.968 bits per heavy atom. The van der Waals surface area contributed by atoms with Gasteiger partial charge in [-0.2, -0.15) is 5.10 Å². The fourth-order valence-electron chi connectivity index (χ4n) is 3.19. The van der Waals surface area contributed by atoms with Crippen molar-refractivity contribution in [2.45, 2.75) is 13.0 Å². The molecule has 2 N–H and O–H groups in total. The average Bonchev–Trinajstić information content (AvgIpc) is 3.23. The van der Waals surface area contributed by atoms with Crippen LogP contribution in [0.1, 0.15) is 5.56 Å². The van der Waals surface area contributed by atoms with Crippen LogP contribution < -0.4 is 15.4 Å². The molecule has 4 aromatic rings. The summed E-state index contributed by atoms with van der Waals surface area (Å²) in [7, 11) is 0. The minimum Gasteiger partial charge on any atom is -0.484 e. The number of nitrogens with one attached hydrogen (secondary N) is 2. The van der Waals surface area contributed by atoms with Gasteiger partial charge in [-0.3, -0.25) is 4.79 Å². The Bertz CT molecular complexity index is 1110. The molecule has 4 rings (SSSR count). The summed E-state index contributed by atoms with van der Waals surface area (Å²) < 4.78 is 7.21. The molecular formula is C23H24N6O2. The van der Waals surface area contributed by atoms with E-state index in [9.17, 15) is 4.79 Å².